The third-order valence-corrected chi connectivity index (χ3v) is 2.45. The zero-order valence-corrected chi connectivity index (χ0v) is 9.53. The van der Waals surface area contributed by atoms with E-state index in [1.807, 2.05) is 0 Å². The number of pyridine rings is 1. The normalized spacial score (nSPS) is 10.6. The Bertz CT molecular complexity index is 711. The number of benzene rings is 1. The summed E-state index contributed by atoms with van der Waals surface area (Å²) in [5.41, 5.74) is 0.403. The minimum atomic E-state index is -1.02. The molecule has 0 radical (unpaired) electrons. The van der Waals surface area contributed by atoms with Crippen molar-refractivity contribution in [3.8, 4) is 17.2 Å². The Morgan fingerprint density at radius 1 is 1.00 bits per heavy atom. The molecule has 1 aromatic carbocycles. The maximum absolute atomic E-state index is 13.6. The van der Waals surface area contributed by atoms with E-state index in [0.29, 0.717) is 5.69 Å². The molecule has 0 aliphatic rings. The van der Waals surface area contributed by atoms with Gasteiger partial charge in [0.25, 0.3) is 0 Å². The zero-order valence-electron chi connectivity index (χ0n) is 9.53. The Balaban J connectivity index is 2.05. The molecule has 0 aliphatic heterocycles. The van der Waals surface area contributed by atoms with Gasteiger partial charge in [-0.15, -0.1) is 15.0 Å². The highest BCUT2D eigenvalue weighted by molar-refractivity contribution is 5.47. The summed E-state index contributed by atoms with van der Waals surface area (Å²) in [6.07, 6.45) is 1.58. The number of nitrogens with zero attached hydrogens (tertiary/aromatic N) is 5. The molecule has 0 unspecified atom stereocenters. The summed E-state index contributed by atoms with van der Waals surface area (Å²) >= 11 is 0. The molecule has 3 rings (SSSR count). The van der Waals surface area contributed by atoms with E-state index in [2.05, 4.69) is 20.4 Å². The molecule has 3 aromatic rings. The third kappa shape index (κ3) is 2.05. The van der Waals surface area contributed by atoms with Crippen molar-refractivity contribution in [1.29, 1.82) is 0 Å². The van der Waals surface area contributed by atoms with Gasteiger partial charge in [-0.25, -0.2) is 8.78 Å². The maximum atomic E-state index is 13.6. The fraction of sp³-hybridized carbons (Fsp3) is 0. The van der Waals surface area contributed by atoms with Gasteiger partial charge in [-0.2, -0.15) is 0 Å². The SMILES string of the molecule is Fc1cccc(-n2nnc(-c3ccccn3)n2)c1F. The highest BCUT2D eigenvalue weighted by Gasteiger charge is 2.13. The van der Waals surface area contributed by atoms with Crippen LogP contribution in [0.5, 0.6) is 0 Å². The lowest BCUT2D eigenvalue weighted by molar-refractivity contribution is 0.495. The van der Waals surface area contributed by atoms with Gasteiger partial charge in [0.2, 0.25) is 5.82 Å². The van der Waals surface area contributed by atoms with Gasteiger partial charge in [0.15, 0.2) is 11.6 Å². The largest absolute Gasteiger partial charge is 0.253 e. The fourth-order valence-corrected chi connectivity index (χ4v) is 1.56. The first kappa shape index (κ1) is 11.4. The molecule has 2 heterocycles. The lowest BCUT2D eigenvalue weighted by Crippen LogP contribution is -2.03. The molecule has 0 saturated heterocycles. The third-order valence-electron chi connectivity index (χ3n) is 2.45. The van der Waals surface area contributed by atoms with Crippen molar-refractivity contribution in [2.75, 3.05) is 0 Å². The Hall–Kier alpha value is -2.70. The number of hydrogen-bond acceptors (Lipinski definition) is 4. The van der Waals surface area contributed by atoms with Crippen LogP contribution in [0, 0.1) is 11.6 Å². The second kappa shape index (κ2) is 4.52. The lowest BCUT2D eigenvalue weighted by atomic mass is 10.3. The summed E-state index contributed by atoms with van der Waals surface area (Å²) < 4.78 is 26.7. The average Bonchev–Trinajstić information content (AvgIpc) is 2.92. The van der Waals surface area contributed by atoms with Crippen LogP contribution in [0.15, 0.2) is 42.6 Å². The van der Waals surface area contributed by atoms with E-state index in [9.17, 15) is 8.78 Å². The first-order valence-corrected chi connectivity index (χ1v) is 5.41. The van der Waals surface area contributed by atoms with Crippen LogP contribution in [-0.2, 0) is 0 Å². The van der Waals surface area contributed by atoms with Gasteiger partial charge in [-0.05, 0) is 29.5 Å². The van der Waals surface area contributed by atoms with Gasteiger partial charge in [-0.3, -0.25) is 4.98 Å². The second-order valence-electron chi connectivity index (χ2n) is 3.69. The molecule has 0 saturated carbocycles. The van der Waals surface area contributed by atoms with Gasteiger partial charge < -0.3 is 0 Å². The van der Waals surface area contributed by atoms with Gasteiger partial charge in [0.1, 0.15) is 11.4 Å². The van der Waals surface area contributed by atoms with Crippen LogP contribution in [0.4, 0.5) is 8.78 Å². The number of hydrogen-bond donors (Lipinski definition) is 0. The predicted octanol–water partition coefficient (Wildman–Crippen LogP) is 2.00. The summed E-state index contributed by atoms with van der Waals surface area (Å²) in [6, 6.07) is 8.98. The molecule has 0 bridgehead atoms. The average molecular weight is 259 g/mol. The van der Waals surface area contributed by atoms with Crippen LogP contribution in [0.1, 0.15) is 0 Å². The number of tetrazole rings is 1. The highest BCUT2D eigenvalue weighted by Crippen LogP contribution is 2.16. The zero-order chi connectivity index (χ0) is 13.2. The maximum Gasteiger partial charge on any atom is 0.223 e. The summed E-state index contributed by atoms with van der Waals surface area (Å²) in [5, 5.41) is 11.4. The van der Waals surface area contributed by atoms with E-state index in [4.69, 9.17) is 0 Å². The molecule has 19 heavy (non-hydrogen) atoms. The van der Waals surface area contributed by atoms with Crippen molar-refractivity contribution in [2.24, 2.45) is 0 Å². The van der Waals surface area contributed by atoms with Crippen molar-refractivity contribution >= 4 is 0 Å². The Morgan fingerprint density at radius 3 is 2.68 bits per heavy atom. The quantitative estimate of drug-likeness (QED) is 0.706. The van der Waals surface area contributed by atoms with Crippen LogP contribution < -0.4 is 0 Å². The molecule has 0 N–H and O–H groups in total. The van der Waals surface area contributed by atoms with Gasteiger partial charge in [0.05, 0.1) is 0 Å². The first-order chi connectivity index (χ1) is 9.25. The van der Waals surface area contributed by atoms with Crippen LogP contribution in [0.25, 0.3) is 17.2 Å². The second-order valence-corrected chi connectivity index (χ2v) is 3.69. The molecular weight excluding hydrogens is 252 g/mol. The molecule has 5 nitrogen and oxygen atoms in total. The van der Waals surface area contributed by atoms with Crippen molar-refractivity contribution in [2.45, 2.75) is 0 Å². The summed E-state index contributed by atoms with van der Waals surface area (Å²) in [6.45, 7) is 0. The standard InChI is InChI=1S/C12H7F2N5/c13-8-4-3-6-10(11(8)14)19-17-12(16-18-19)9-5-1-2-7-15-9/h1-7H. The van der Waals surface area contributed by atoms with E-state index < -0.39 is 11.6 Å². The Labute approximate surface area is 106 Å². The van der Waals surface area contributed by atoms with Crippen molar-refractivity contribution in [3.63, 3.8) is 0 Å². The van der Waals surface area contributed by atoms with Gasteiger partial charge >= 0.3 is 0 Å². The smallest absolute Gasteiger partial charge is 0.223 e. The van der Waals surface area contributed by atoms with Crippen LogP contribution in [0.3, 0.4) is 0 Å². The summed E-state index contributed by atoms with van der Waals surface area (Å²) in [5.74, 6) is -1.74. The van der Waals surface area contributed by atoms with Crippen LogP contribution in [-0.4, -0.2) is 25.2 Å². The monoisotopic (exact) mass is 259 g/mol. The molecule has 0 amide bonds. The molecule has 7 heteroatoms. The number of rotatable bonds is 2. The number of halogens is 2. The molecule has 0 atom stereocenters. The summed E-state index contributed by atoms with van der Waals surface area (Å²) in [4.78, 5) is 4.98. The Morgan fingerprint density at radius 2 is 1.89 bits per heavy atom. The van der Waals surface area contributed by atoms with E-state index in [0.717, 1.165) is 10.9 Å². The van der Waals surface area contributed by atoms with Crippen LogP contribution >= 0.6 is 0 Å². The van der Waals surface area contributed by atoms with E-state index in [-0.39, 0.29) is 11.5 Å². The molecule has 0 fully saturated rings. The highest BCUT2D eigenvalue weighted by atomic mass is 19.2. The van der Waals surface area contributed by atoms with Crippen molar-refractivity contribution in [1.82, 2.24) is 25.2 Å². The van der Waals surface area contributed by atoms with E-state index in [1.165, 1.54) is 12.1 Å². The topological polar surface area (TPSA) is 56.5 Å². The predicted molar refractivity (Wildman–Crippen MR) is 62.3 cm³/mol. The minimum Gasteiger partial charge on any atom is -0.253 e. The van der Waals surface area contributed by atoms with Gasteiger partial charge in [-0.1, -0.05) is 12.1 Å². The van der Waals surface area contributed by atoms with E-state index in [1.54, 1.807) is 24.4 Å². The molecular formula is C12H7F2N5. The molecule has 0 spiro atoms. The van der Waals surface area contributed by atoms with Gasteiger partial charge in [0, 0.05) is 6.20 Å². The molecule has 0 aliphatic carbocycles. The van der Waals surface area contributed by atoms with Crippen molar-refractivity contribution in [3.05, 3.63) is 54.2 Å². The number of aromatic nitrogens is 5. The minimum absolute atomic E-state index is 0.102. The van der Waals surface area contributed by atoms with Crippen LogP contribution in [0.2, 0.25) is 0 Å². The lowest BCUT2D eigenvalue weighted by Gasteiger charge is -2.00. The van der Waals surface area contributed by atoms with Crippen molar-refractivity contribution < 1.29 is 8.78 Å². The Kier molecular flexibility index (Phi) is 2.71. The summed E-state index contributed by atoms with van der Waals surface area (Å²) in [7, 11) is 0. The molecule has 2 aromatic heterocycles. The molecule has 94 valence electrons. The fourth-order valence-electron chi connectivity index (χ4n) is 1.56. The van der Waals surface area contributed by atoms with E-state index >= 15 is 0 Å². The first-order valence-electron chi connectivity index (χ1n) is 5.41.